The van der Waals surface area contributed by atoms with Crippen molar-refractivity contribution in [1.82, 2.24) is 15.2 Å². The number of carbonyl (C=O) groups excluding carboxylic acids is 1. The smallest absolute Gasteiger partial charge is 0.254 e. The maximum atomic E-state index is 12.0. The Bertz CT molecular complexity index is 441. The van der Waals surface area contributed by atoms with Gasteiger partial charge in [-0.1, -0.05) is 0 Å². The average molecular weight is 221 g/mol. The molecule has 1 amide bonds. The molecule has 0 aromatic carbocycles. The van der Waals surface area contributed by atoms with Gasteiger partial charge in [-0.05, 0) is 13.0 Å². The van der Waals surface area contributed by atoms with Gasteiger partial charge >= 0.3 is 0 Å². The first kappa shape index (κ1) is 10.9. The molecule has 1 saturated heterocycles. The third kappa shape index (κ3) is 2.30. The molecule has 1 atom stereocenters. The van der Waals surface area contributed by atoms with Crippen LogP contribution in [0.25, 0.3) is 0 Å². The quantitative estimate of drug-likeness (QED) is 0.690. The maximum Gasteiger partial charge on any atom is 0.254 e. The van der Waals surface area contributed by atoms with Crippen LogP contribution in [-0.2, 0) is 0 Å². The fraction of sp³-hybridized carbons (Fsp3) is 0.455. The molecule has 1 unspecified atom stereocenters. The lowest BCUT2D eigenvalue weighted by Gasteiger charge is -2.31. The minimum atomic E-state index is -0.242. The Hall–Kier alpha value is -1.62. The highest BCUT2D eigenvalue weighted by atomic mass is 16.2. The molecule has 1 aromatic rings. The lowest BCUT2D eigenvalue weighted by molar-refractivity contribution is 0.0709. The van der Waals surface area contributed by atoms with Crippen molar-refractivity contribution >= 4 is 5.91 Å². The molecule has 1 aromatic heterocycles. The molecular weight excluding hydrogens is 206 g/mol. The first-order chi connectivity index (χ1) is 7.66. The van der Waals surface area contributed by atoms with Gasteiger partial charge in [0.2, 0.25) is 5.56 Å². The van der Waals surface area contributed by atoms with Gasteiger partial charge in [-0.15, -0.1) is 0 Å². The SMILES string of the molecule is CC1CN(C(=O)c2cc[nH]c(=O)c2)CCN1. The van der Waals surface area contributed by atoms with E-state index in [-0.39, 0.29) is 11.5 Å². The highest BCUT2D eigenvalue weighted by Gasteiger charge is 2.21. The molecule has 1 fully saturated rings. The number of hydrogen-bond donors (Lipinski definition) is 2. The highest BCUT2D eigenvalue weighted by molar-refractivity contribution is 5.94. The summed E-state index contributed by atoms with van der Waals surface area (Å²) in [6.45, 7) is 4.22. The third-order valence-corrected chi connectivity index (χ3v) is 2.68. The number of rotatable bonds is 1. The Labute approximate surface area is 93.5 Å². The number of amides is 1. The summed E-state index contributed by atoms with van der Waals surface area (Å²) in [7, 11) is 0. The predicted molar refractivity (Wildman–Crippen MR) is 60.4 cm³/mol. The normalized spacial score (nSPS) is 20.8. The van der Waals surface area contributed by atoms with Crippen molar-refractivity contribution in [3.05, 3.63) is 34.2 Å². The number of hydrogen-bond acceptors (Lipinski definition) is 3. The fourth-order valence-electron chi connectivity index (χ4n) is 1.88. The zero-order valence-electron chi connectivity index (χ0n) is 9.19. The van der Waals surface area contributed by atoms with Gasteiger partial charge < -0.3 is 15.2 Å². The standard InChI is InChI=1S/C11H15N3O2/c1-8-7-14(5-4-12-8)11(16)9-2-3-13-10(15)6-9/h2-3,6,8,12H,4-5,7H2,1H3,(H,13,15). The van der Waals surface area contributed by atoms with Crippen molar-refractivity contribution in [2.24, 2.45) is 0 Å². The van der Waals surface area contributed by atoms with Crippen LogP contribution in [0.5, 0.6) is 0 Å². The Kier molecular flexibility index (Phi) is 3.05. The average Bonchev–Trinajstić information content (AvgIpc) is 2.28. The first-order valence-corrected chi connectivity index (χ1v) is 5.38. The van der Waals surface area contributed by atoms with Crippen molar-refractivity contribution in [1.29, 1.82) is 0 Å². The largest absolute Gasteiger partial charge is 0.336 e. The van der Waals surface area contributed by atoms with Gasteiger partial charge in [-0.3, -0.25) is 9.59 Å². The number of aromatic amines is 1. The summed E-state index contributed by atoms with van der Waals surface area (Å²) in [6.07, 6.45) is 1.50. The van der Waals surface area contributed by atoms with Crippen LogP contribution < -0.4 is 10.9 Å². The molecule has 0 radical (unpaired) electrons. The van der Waals surface area contributed by atoms with E-state index in [2.05, 4.69) is 10.3 Å². The lowest BCUT2D eigenvalue weighted by atomic mass is 10.2. The summed E-state index contributed by atoms with van der Waals surface area (Å²) in [5.41, 5.74) is 0.215. The van der Waals surface area contributed by atoms with Crippen molar-refractivity contribution in [2.45, 2.75) is 13.0 Å². The zero-order chi connectivity index (χ0) is 11.5. The minimum absolute atomic E-state index is 0.0700. The number of pyridine rings is 1. The molecule has 86 valence electrons. The Morgan fingerprint density at radius 2 is 2.38 bits per heavy atom. The van der Waals surface area contributed by atoms with Gasteiger partial charge in [0.25, 0.3) is 5.91 Å². The monoisotopic (exact) mass is 221 g/mol. The van der Waals surface area contributed by atoms with Crippen LogP contribution in [0.3, 0.4) is 0 Å². The second-order valence-corrected chi connectivity index (χ2v) is 4.05. The second kappa shape index (κ2) is 4.49. The molecule has 2 N–H and O–H groups in total. The Morgan fingerprint density at radius 1 is 1.56 bits per heavy atom. The molecule has 16 heavy (non-hydrogen) atoms. The van der Waals surface area contributed by atoms with Gasteiger partial charge in [0, 0.05) is 43.5 Å². The summed E-state index contributed by atoms with van der Waals surface area (Å²) in [4.78, 5) is 27.4. The Balaban J connectivity index is 2.15. The van der Waals surface area contributed by atoms with Crippen LogP contribution in [0.1, 0.15) is 17.3 Å². The Morgan fingerprint density at radius 3 is 3.06 bits per heavy atom. The summed E-state index contributed by atoms with van der Waals surface area (Å²) in [5, 5.41) is 3.27. The van der Waals surface area contributed by atoms with Crippen LogP contribution in [-0.4, -0.2) is 41.5 Å². The molecule has 0 aliphatic carbocycles. The van der Waals surface area contributed by atoms with Crippen LogP contribution in [0.2, 0.25) is 0 Å². The van der Waals surface area contributed by atoms with E-state index in [1.165, 1.54) is 12.3 Å². The van der Waals surface area contributed by atoms with E-state index in [0.29, 0.717) is 24.7 Å². The molecule has 0 saturated carbocycles. The number of piperazine rings is 1. The van der Waals surface area contributed by atoms with Crippen molar-refractivity contribution in [3.8, 4) is 0 Å². The predicted octanol–water partition coefficient (Wildman–Crippen LogP) is -0.191. The zero-order valence-corrected chi connectivity index (χ0v) is 9.19. The van der Waals surface area contributed by atoms with Gasteiger partial charge in [-0.2, -0.15) is 0 Å². The first-order valence-electron chi connectivity index (χ1n) is 5.38. The van der Waals surface area contributed by atoms with E-state index < -0.39 is 0 Å². The van der Waals surface area contributed by atoms with E-state index in [9.17, 15) is 9.59 Å². The van der Waals surface area contributed by atoms with Crippen molar-refractivity contribution in [2.75, 3.05) is 19.6 Å². The van der Waals surface area contributed by atoms with E-state index in [1.54, 1.807) is 11.0 Å². The van der Waals surface area contributed by atoms with E-state index in [0.717, 1.165) is 6.54 Å². The number of nitrogens with zero attached hydrogens (tertiary/aromatic N) is 1. The van der Waals surface area contributed by atoms with Crippen LogP contribution in [0.4, 0.5) is 0 Å². The van der Waals surface area contributed by atoms with Crippen LogP contribution in [0, 0.1) is 0 Å². The summed E-state index contributed by atoms with van der Waals surface area (Å²) in [6, 6.07) is 3.28. The topological polar surface area (TPSA) is 65.2 Å². The highest BCUT2D eigenvalue weighted by Crippen LogP contribution is 2.05. The molecular formula is C11H15N3O2. The van der Waals surface area contributed by atoms with Gasteiger partial charge in [0.15, 0.2) is 0 Å². The molecule has 0 spiro atoms. The number of carbonyl (C=O) groups is 1. The van der Waals surface area contributed by atoms with Gasteiger partial charge in [-0.25, -0.2) is 0 Å². The molecule has 1 aliphatic heterocycles. The van der Waals surface area contributed by atoms with E-state index in [1.807, 2.05) is 6.92 Å². The van der Waals surface area contributed by atoms with Crippen LogP contribution >= 0.6 is 0 Å². The molecule has 1 aliphatic rings. The van der Waals surface area contributed by atoms with Crippen molar-refractivity contribution in [3.63, 3.8) is 0 Å². The van der Waals surface area contributed by atoms with Gasteiger partial charge in [0.05, 0.1) is 0 Å². The molecule has 5 nitrogen and oxygen atoms in total. The summed E-state index contributed by atoms with van der Waals surface area (Å²) >= 11 is 0. The third-order valence-electron chi connectivity index (χ3n) is 2.68. The fourth-order valence-corrected chi connectivity index (χ4v) is 1.88. The summed E-state index contributed by atoms with van der Waals surface area (Å²) < 4.78 is 0. The molecule has 2 rings (SSSR count). The maximum absolute atomic E-state index is 12.0. The molecule has 5 heteroatoms. The minimum Gasteiger partial charge on any atom is -0.336 e. The molecule has 0 bridgehead atoms. The summed E-state index contributed by atoms with van der Waals surface area (Å²) in [5.74, 6) is -0.0700. The molecule has 2 heterocycles. The second-order valence-electron chi connectivity index (χ2n) is 4.05. The van der Waals surface area contributed by atoms with Crippen molar-refractivity contribution < 1.29 is 4.79 Å². The number of H-pyrrole nitrogens is 1. The lowest BCUT2D eigenvalue weighted by Crippen LogP contribution is -2.51. The van der Waals surface area contributed by atoms with Gasteiger partial charge in [0.1, 0.15) is 0 Å². The van der Waals surface area contributed by atoms with E-state index >= 15 is 0 Å². The van der Waals surface area contributed by atoms with E-state index in [4.69, 9.17) is 0 Å². The number of nitrogens with one attached hydrogen (secondary N) is 2. The van der Waals surface area contributed by atoms with Crippen LogP contribution in [0.15, 0.2) is 23.1 Å². The number of aromatic nitrogens is 1.